The first kappa shape index (κ1) is 59.4. The molecular formula is C55H106O6. The fraction of sp³-hybridized carbons (Fsp3) is 0.945. The maximum absolute atomic E-state index is 12.8. The van der Waals surface area contributed by atoms with Crippen LogP contribution in [0.25, 0.3) is 0 Å². The number of unbranched alkanes of at least 4 members (excludes halogenated alkanes) is 33. The molecule has 0 N–H and O–H groups in total. The number of hydrogen-bond donors (Lipinski definition) is 0. The molecule has 61 heavy (non-hydrogen) atoms. The molecule has 1 unspecified atom stereocenters. The molecule has 0 radical (unpaired) electrons. The van der Waals surface area contributed by atoms with Gasteiger partial charge in [0.1, 0.15) is 13.2 Å². The molecule has 0 saturated heterocycles. The maximum Gasteiger partial charge on any atom is 0.306 e. The van der Waals surface area contributed by atoms with E-state index < -0.39 is 6.10 Å². The third kappa shape index (κ3) is 47.7. The topological polar surface area (TPSA) is 78.9 Å². The number of ether oxygens (including phenoxy) is 3. The molecule has 0 amide bonds. The van der Waals surface area contributed by atoms with Gasteiger partial charge in [-0.1, -0.05) is 266 Å². The summed E-state index contributed by atoms with van der Waals surface area (Å²) < 4.78 is 16.8. The van der Waals surface area contributed by atoms with Crippen molar-refractivity contribution in [3.63, 3.8) is 0 Å². The molecule has 0 aromatic rings. The summed E-state index contributed by atoms with van der Waals surface area (Å²) >= 11 is 0. The first-order chi connectivity index (χ1) is 29.8. The van der Waals surface area contributed by atoms with Gasteiger partial charge in [0, 0.05) is 19.3 Å². The molecule has 0 saturated carbocycles. The van der Waals surface area contributed by atoms with E-state index in [0.717, 1.165) is 69.6 Å². The van der Waals surface area contributed by atoms with E-state index in [1.165, 1.54) is 193 Å². The van der Waals surface area contributed by atoms with Gasteiger partial charge >= 0.3 is 17.9 Å². The van der Waals surface area contributed by atoms with Crippen molar-refractivity contribution in [3.8, 4) is 0 Å². The first-order valence-corrected chi connectivity index (χ1v) is 27.3. The van der Waals surface area contributed by atoms with E-state index in [0.29, 0.717) is 19.3 Å². The van der Waals surface area contributed by atoms with Crippen LogP contribution in [0.3, 0.4) is 0 Å². The number of carbonyl (C=O) groups excluding carboxylic acids is 3. The number of hydrogen-bond acceptors (Lipinski definition) is 6. The summed E-state index contributed by atoms with van der Waals surface area (Å²) in [5.74, 6) is 0.829. The van der Waals surface area contributed by atoms with E-state index in [-0.39, 0.29) is 31.1 Å². The lowest BCUT2D eigenvalue weighted by atomic mass is 9.99. The van der Waals surface area contributed by atoms with E-state index >= 15 is 0 Å². The van der Waals surface area contributed by atoms with Crippen LogP contribution >= 0.6 is 0 Å². The molecule has 0 aliphatic heterocycles. The molecule has 6 nitrogen and oxygen atoms in total. The van der Waals surface area contributed by atoms with Crippen LogP contribution in [0.5, 0.6) is 0 Å². The lowest BCUT2D eigenvalue weighted by Crippen LogP contribution is -2.30. The van der Waals surface area contributed by atoms with Crippen LogP contribution in [-0.4, -0.2) is 37.2 Å². The molecule has 0 rings (SSSR count). The molecule has 0 bridgehead atoms. The van der Waals surface area contributed by atoms with E-state index in [1.54, 1.807) is 0 Å². The second kappa shape index (κ2) is 47.9. The highest BCUT2D eigenvalue weighted by molar-refractivity contribution is 5.71. The molecule has 362 valence electrons. The van der Waals surface area contributed by atoms with Crippen molar-refractivity contribution in [3.05, 3.63) is 0 Å². The quantitative estimate of drug-likeness (QED) is 0.0344. The summed E-state index contributed by atoms with van der Waals surface area (Å²) in [5, 5.41) is 0. The fourth-order valence-electron chi connectivity index (χ4n) is 8.31. The predicted molar refractivity (Wildman–Crippen MR) is 261 cm³/mol. The minimum atomic E-state index is -0.762. The molecule has 0 aromatic heterocycles. The predicted octanol–water partition coefficient (Wildman–Crippen LogP) is 17.7. The van der Waals surface area contributed by atoms with Crippen molar-refractivity contribution in [1.82, 2.24) is 0 Å². The highest BCUT2D eigenvalue weighted by atomic mass is 16.6. The molecule has 0 fully saturated rings. The average molecular weight is 863 g/mol. The third-order valence-electron chi connectivity index (χ3n) is 12.8. The van der Waals surface area contributed by atoms with Crippen molar-refractivity contribution >= 4 is 17.9 Å². The van der Waals surface area contributed by atoms with E-state index in [9.17, 15) is 14.4 Å². The van der Waals surface area contributed by atoms with Gasteiger partial charge in [-0.05, 0) is 31.1 Å². The normalized spacial score (nSPS) is 12.5. The van der Waals surface area contributed by atoms with Gasteiger partial charge in [-0.3, -0.25) is 14.4 Å². The van der Waals surface area contributed by atoms with Crippen molar-refractivity contribution in [2.45, 2.75) is 310 Å². The van der Waals surface area contributed by atoms with Gasteiger partial charge in [0.05, 0.1) is 0 Å². The Hall–Kier alpha value is -1.59. The van der Waals surface area contributed by atoms with Gasteiger partial charge in [0.25, 0.3) is 0 Å². The zero-order chi connectivity index (χ0) is 44.7. The fourth-order valence-corrected chi connectivity index (χ4v) is 8.31. The SMILES string of the molecule is CCCCCCCCCCCCCCCCCC(=O)OC[C@@H](COC(=O)CCCCCCCCCC(C)C)OC(=O)CCCCCCCCCCCCCCCCC(C)CC. The number of esters is 3. The maximum atomic E-state index is 12.8. The summed E-state index contributed by atoms with van der Waals surface area (Å²) in [4.78, 5) is 38.0. The molecule has 6 heteroatoms. The zero-order valence-corrected chi connectivity index (χ0v) is 41.8. The number of carbonyl (C=O) groups is 3. The van der Waals surface area contributed by atoms with Crippen molar-refractivity contribution in [1.29, 1.82) is 0 Å². The Morgan fingerprint density at radius 3 is 0.934 bits per heavy atom. The lowest BCUT2D eigenvalue weighted by Gasteiger charge is -2.18. The Balaban J connectivity index is 4.27. The van der Waals surface area contributed by atoms with Crippen molar-refractivity contribution in [2.75, 3.05) is 13.2 Å². The van der Waals surface area contributed by atoms with E-state index in [4.69, 9.17) is 14.2 Å². The standard InChI is InChI=1S/C55H106O6/c1-6-8-9-10-11-12-13-14-15-19-22-25-30-35-40-45-53(56)59-48-52(49-60-54(57)46-41-36-32-27-28-33-38-43-50(3)4)61-55(58)47-42-37-31-26-23-20-17-16-18-21-24-29-34-39-44-51(5)7-2/h50-52H,6-49H2,1-5H3/t51?,52-/m0/s1. The third-order valence-corrected chi connectivity index (χ3v) is 12.8. The Morgan fingerprint density at radius 1 is 0.344 bits per heavy atom. The van der Waals surface area contributed by atoms with Crippen LogP contribution in [0.2, 0.25) is 0 Å². The second-order valence-corrected chi connectivity index (χ2v) is 19.6. The lowest BCUT2D eigenvalue weighted by molar-refractivity contribution is -0.167. The van der Waals surface area contributed by atoms with Gasteiger partial charge in [-0.15, -0.1) is 0 Å². The Morgan fingerprint density at radius 2 is 0.623 bits per heavy atom. The molecule has 0 aliphatic rings. The summed E-state index contributed by atoms with van der Waals surface area (Å²) in [5.41, 5.74) is 0. The molecule has 0 spiro atoms. The second-order valence-electron chi connectivity index (χ2n) is 19.6. The molecule has 2 atom stereocenters. The van der Waals surface area contributed by atoms with Crippen LogP contribution in [-0.2, 0) is 28.6 Å². The van der Waals surface area contributed by atoms with Crippen LogP contribution < -0.4 is 0 Å². The van der Waals surface area contributed by atoms with Crippen molar-refractivity contribution in [2.24, 2.45) is 11.8 Å². The van der Waals surface area contributed by atoms with Gasteiger partial charge in [0.15, 0.2) is 6.10 Å². The van der Waals surface area contributed by atoms with Crippen LogP contribution in [0, 0.1) is 11.8 Å². The molecule has 0 aromatic carbocycles. The Labute approximate surface area is 380 Å². The molecule has 0 heterocycles. The van der Waals surface area contributed by atoms with Crippen molar-refractivity contribution < 1.29 is 28.6 Å². The molecular weight excluding hydrogens is 757 g/mol. The average Bonchev–Trinajstić information content (AvgIpc) is 3.24. The number of rotatable bonds is 49. The van der Waals surface area contributed by atoms with Crippen LogP contribution in [0.1, 0.15) is 304 Å². The summed E-state index contributed by atoms with van der Waals surface area (Å²) in [6.45, 7) is 11.4. The zero-order valence-electron chi connectivity index (χ0n) is 41.8. The summed E-state index contributed by atoms with van der Waals surface area (Å²) in [6.07, 6.45) is 49.5. The minimum absolute atomic E-state index is 0.0637. The highest BCUT2D eigenvalue weighted by Gasteiger charge is 2.19. The van der Waals surface area contributed by atoms with Crippen LogP contribution in [0.15, 0.2) is 0 Å². The van der Waals surface area contributed by atoms with Gasteiger partial charge < -0.3 is 14.2 Å². The minimum Gasteiger partial charge on any atom is -0.462 e. The summed E-state index contributed by atoms with van der Waals surface area (Å²) in [6, 6.07) is 0. The Bertz CT molecular complexity index is 933. The first-order valence-electron chi connectivity index (χ1n) is 27.3. The Kier molecular flexibility index (Phi) is 46.6. The summed E-state index contributed by atoms with van der Waals surface area (Å²) in [7, 11) is 0. The highest BCUT2D eigenvalue weighted by Crippen LogP contribution is 2.18. The van der Waals surface area contributed by atoms with E-state index in [1.807, 2.05) is 0 Å². The largest absolute Gasteiger partial charge is 0.462 e. The van der Waals surface area contributed by atoms with Crippen LogP contribution in [0.4, 0.5) is 0 Å². The van der Waals surface area contributed by atoms with Gasteiger partial charge in [-0.2, -0.15) is 0 Å². The van der Waals surface area contributed by atoms with Gasteiger partial charge in [0.2, 0.25) is 0 Å². The monoisotopic (exact) mass is 863 g/mol. The molecule has 0 aliphatic carbocycles. The van der Waals surface area contributed by atoms with Gasteiger partial charge in [-0.25, -0.2) is 0 Å². The van der Waals surface area contributed by atoms with E-state index in [2.05, 4.69) is 34.6 Å². The smallest absolute Gasteiger partial charge is 0.306 e.